The van der Waals surface area contributed by atoms with Gasteiger partial charge in [0.25, 0.3) is 5.91 Å². The zero-order chi connectivity index (χ0) is 23.2. The Morgan fingerprint density at radius 1 is 1.06 bits per heavy atom. The highest BCUT2D eigenvalue weighted by Gasteiger charge is 2.24. The minimum atomic E-state index is -0.451. The summed E-state index contributed by atoms with van der Waals surface area (Å²) in [5.74, 6) is 0.424. The molecule has 0 spiro atoms. The quantitative estimate of drug-likeness (QED) is 0.399. The van der Waals surface area contributed by atoms with Gasteiger partial charge < -0.3 is 14.8 Å². The Morgan fingerprint density at radius 3 is 2.61 bits per heavy atom. The van der Waals surface area contributed by atoms with Crippen LogP contribution in [0.3, 0.4) is 0 Å². The average Bonchev–Trinajstić information content (AvgIpc) is 3.14. The van der Waals surface area contributed by atoms with Crippen molar-refractivity contribution in [2.24, 2.45) is 4.99 Å². The van der Waals surface area contributed by atoms with Gasteiger partial charge in [-0.2, -0.15) is 0 Å². The number of amides is 1. The van der Waals surface area contributed by atoms with E-state index >= 15 is 0 Å². The highest BCUT2D eigenvalue weighted by Crippen LogP contribution is 2.33. The molecule has 1 aliphatic rings. The molecule has 33 heavy (non-hydrogen) atoms. The number of benzene rings is 3. The van der Waals surface area contributed by atoms with Crippen LogP contribution in [0.1, 0.15) is 18.1 Å². The lowest BCUT2D eigenvalue weighted by molar-refractivity contribution is -0.115. The van der Waals surface area contributed by atoms with Gasteiger partial charge in [-0.05, 0) is 72.3 Å². The first-order valence-corrected chi connectivity index (χ1v) is 11.4. The number of aliphatic imine (C=N–C) groups is 1. The molecule has 0 unspecified atom stereocenters. The van der Waals surface area contributed by atoms with Crippen LogP contribution in [-0.2, 0) is 11.4 Å². The van der Waals surface area contributed by atoms with E-state index < -0.39 is 5.82 Å². The SMILES string of the molecule is CCOc1cc(C=C2SC(=Nc3ccccc3F)NC2=O)ccc1OCc1ccc(Cl)cc1. The second-order valence-corrected chi connectivity index (χ2v) is 8.45. The lowest BCUT2D eigenvalue weighted by Crippen LogP contribution is -2.19. The van der Waals surface area contributed by atoms with E-state index in [1.54, 1.807) is 30.3 Å². The maximum Gasteiger partial charge on any atom is 0.264 e. The van der Waals surface area contributed by atoms with Crippen molar-refractivity contribution in [3.8, 4) is 11.5 Å². The molecule has 168 valence electrons. The van der Waals surface area contributed by atoms with Gasteiger partial charge in [-0.1, -0.05) is 41.9 Å². The van der Waals surface area contributed by atoms with Gasteiger partial charge in [-0.15, -0.1) is 0 Å². The van der Waals surface area contributed by atoms with Gasteiger partial charge in [0.1, 0.15) is 18.1 Å². The van der Waals surface area contributed by atoms with Gasteiger partial charge in [0.2, 0.25) is 0 Å². The zero-order valence-electron chi connectivity index (χ0n) is 17.7. The summed E-state index contributed by atoms with van der Waals surface area (Å²) in [7, 11) is 0. The van der Waals surface area contributed by atoms with E-state index in [9.17, 15) is 9.18 Å². The van der Waals surface area contributed by atoms with E-state index in [0.717, 1.165) is 22.9 Å². The number of carbonyl (C=O) groups excluding carboxylic acids is 1. The molecule has 4 rings (SSSR count). The number of amidine groups is 1. The van der Waals surface area contributed by atoms with Gasteiger partial charge in [-0.25, -0.2) is 9.38 Å². The normalized spacial score (nSPS) is 15.7. The van der Waals surface area contributed by atoms with Gasteiger partial charge in [0, 0.05) is 5.02 Å². The van der Waals surface area contributed by atoms with Crippen molar-refractivity contribution in [2.45, 2.75) is 13.5 Å². The largest absolute Gasteiger partial charge is 0.490 e. The molecule has 0 atom stereocenters. The second-order valence-electron chi connectivity index (χ2n) is 6.99. The highest BCUT2D eigenvalue weighted by atomic mass is 35.5. The van der Waals surface area contributed by atoms with Gasteiger partial charge in [0.05, 0.1) is 11.5 Å². The van der Waals surface area contributed by atoms with Crippen LogP contribution < -0.4 is 14.8 Å². The smallest absolute Gasteiger partial charge is 0.264 e. The fourth-order valence-electron chi connectivity index (χ4n) is 3.03. The lowest BCUT2D eigenvalue weighted by atomic mass is 10.2. The summed E-state index contributed by atoms with van der Waals surface area (Å²) < 4.78 is 25.5. The predicted molar refractivity (Wildman–Crippen MR) is 131 cm³/mol. The summed E-state index contributed by atoms with van der Waals surface area (Å²) in [6.07, 6.45) is 1.73. The summed E-state index contributed by atoms with van der Waals surface area (Å²) in [6, 6.07) is 19.0. The molecule has 0 aromatic heterocycles. The number of rotatable bonds is 7. The van der Waals surface area contributed by atoms with Crippen LogP contribution in [0.15, 0.2) is 76.6 Å². The van der Waals surface area contributed by atoms with Gasteiger partial charge in [-0.3, -0.25) is 4.79 Å². The molecule has 1 aliphatic heterocycles. The van der Waals surface area contributed by atoms with Crippen molar-refractivity contribution >= 4 is 46.2 Å². The number of thioether (sulfide) groups is 1. The molecule has 0 bridgehead atoms. The van der Waals surface area contributed by atoms with Gasteiger partial charge in [0.15, 0.2) is 16.7 Å². The molecule has 1 fully saturated rings. The van der Waals surface area contributed by atoms with Crippen molar-refractivity contribution in [1.82, 2.24) is 5.32 Å². The number of hydrogen-bond donors (Lipinski definition) is 1. The summed E-state index contributed by atoms with van der Waals surface area (Å²) in [6.45, 7) is 2.72. The summed E-state index contributed by atoms with van der Waals surface area (Å²) in [5, 5.41) is 3.66. The number of nitrogens with one attached hydrogen (secondary N) is 1. The Hall–Kier alpha value is -3.29. The first kappa shape index (κ1) is 22.9. The Labute approximate surface area is 200 Å². The number of para-hydroxylation sites is 1. The van der Waals surface area contributed by atoms with Crippen LogP contribution in [0.2, 0.25) is 5.02 Å². The fraction of sp³-hybridized carbons (Fsp3) is 0.120. The maximum absolute atomic E-state index is 13.9. The molecule has 0 aliphatic carbocycles. The number of halogens is 2. The van der Waals surface area contributed by atoms with E-state index in [2.05, 4.69) is 10.3 Å². The summed E-state index contributed by atoms with van der Waals surface area (Å²) >= 11 is 7.08. The Bertz CT molecular complexity index is 1230. The van der Waals surface area contributed by atoms with E-state index in [-0.39, 0.29) is 11.6 Å². The van der Waals surface area contributed by atoms with E-state index in [1.807, 2.05) is 43.3 Å². The first-order chi connectivity index (χ1) is 16.0. The first-order valence-electron chi connectivity index (χ1n) is 10.2. The summed E-state index contributed by atoms with van der Waals surface area (Å²) in [5.41, 5.74) is 1.91. The highest BCUT2D eigenvalue weighted by molar-refractivity contribution is 8.18. The zero-order valence-corrected chi connectivity index (χ0v) is 19.3. The molecule has 5 nitrogen and oxygen atoms in total. The van der Waals surface area contributed by atoms with Crippen LogP contribution in [0.25, 0.3) is 6.08 Å². The molecular weight excluding hydrogens is 463 g/mol. The molecule has 0 saturated carbocycles. The minimum absolute atomic E-state index is 0.169. The number of ether oxygens (including phenoxy) is 2. The Balaban J connectivity index is 1.51. The van der Waals surface area contributed by atoms with Crippen molar-refractivity contribution in [3.05, 3.63) is 93.6 Å². The molecule has 1 heterocycles. The van der Waals surface area contributed by atoms with Crippen molar-refractivity contribution < 1.29 is 18.7 Å². The molecular formula is C25H20ClFN2O3S. The maximum atomic E-state index is 13.9. The topological polar surface area (TPSA) is 59.9 Å². The van der Waals surface area contributed by atoms with Crippen LogP contribution in [0.5, 0.6) is 11.5 Å². The molecule has 8 heteroatoms. The van der Waals surface area contributed by atoms with Crippen LogP contribution >= 0.6 is 23.4 Å². The molecule has 0 radical (unpaired) electrons. The molecule has 1 N–H and O–H groups in total. The third kappa shape index (κ3) is 5.94. The summed E-state index contributed by atoms with van der Waals surface area (Å²) in [4.78, 5) is 17.0. The minimum Gasteiger partial charge on any atom is -0.490 e. The second kappa shape index (κ2) is 10.6. The third-order valence-corrected chi connectivity index (χ3v) is 5.76. The van der Waals surface area contributed by atoms with Crippen LogP contribution in [-0.4, -0.2) is 17.7 Å². The van der Waals surface area contributed by atoms with E-state index in [4.69, 9.17) is 21.1 Å². The molecule has 3 aromatic rings. The van der Waals surface area contributed by atoms with Crippen molar-refractivity contribution in [2.75, 3.05) is 6.61 Å². The van der Waals surface area contributed by atoms with E-state index in [1.165, 1.54) is 6.07 Å². The van der Waals surface area contributed by atoms with E-state index in [0.29, 0.717) is 39.8 Å². The third-order valence-electron chi connectivity index (χ3n) is 4.60. The number of carbonyl (C=O) groups is 1. The molecule has 1 amide bonds. The van der Waals surface area contributed by atoms with Crippen LogP contribution in [0, 0.1) is 5.82 Å². The van der Waals surface area contributed by atoms with Crippen molar-refractivity contribution in [1.29, 1.82) is 0 Å². The Morgan fingerprint density at radius 2 is 1.85 bits per heavy atom. The molecule has 1 saturated heterocycles. The predicted octanol–water partition coefficient (Wildman–Crippen LogP) is 6.35. The fourth-order valence-corrected chi connectivity index (χ4v) is 3.99. The van der Waals surface area contributed by atoms with Crippen molar-refractivity contribution in [3.63, 3.8) is 0 Å². The number of nitrogens with zero attached hydrogens (tertiary/aromatic N) is 1. The molecule has 3 aromatic carbocycles. The average molecular weight is 483 g/mol. The standard InChI is InChI=1S/C25H20ClFN2O3S/c1-2-31-22-13-17(9-12-21(22)32-15-16-7-10-18(26)11-8-16)14-23-24(30)29-25(33-23)28-20-6-4-3-5-19(20)27/h3-14H,2,15H2,1H3,(H,28,29,30). The van der Waals surface area contributed by atoms with Crippen LogP contribution in [0.4, 0.5) is 10.1 Å². The number of hydrogen-bond acceptors (Lipinski definition) is 5. The Kier molecular flexibility index (Phi) is 7.32. The monoisotopic (exact) mass is 482 g/mol. The van der Waals surface area contributed by atoms with Gasteiger partial charge >= 0.3 is 0 Å². The lowest BCUT2D eigenvalue weighted by Gasteiger charge is -2.13.